The minimum absolute atomic E-state index is 0.113. The number of nitrogens with zero attached hydrogens (tertiary/aromatic N) is 3. The van der Waals surface area contributed by atoms with Crippen molar-refractivity contribution in [2.24, 2.45) is 0 Å². The van der Waals surface area contributed by atoms with Gasteiger partial charge in [-0.05, 0) is 62.4 Å². The van der Waals surface area contributed by atoms with Gasteiger partial charge in [-0.15, -0.1) is 10.2 Å². The molecule has 2 N–H and O–H groups in total. The normalized spacial score (nSPS) is 11.6. The van der Waals surface area contributed by atoms with Crippen LogP contribution in [0.1, 0.15) is 36.1 Å². The lowest BCUT2D eigenvalue weighted by Gasteiger charge is -2.15. The van der Waals surface area contributed by atoms with E-state index in [0.717, 1.165) is 0 Å². The quantitative estimate of drug-likeness (QED) is 0.476. The number of carbonyl (C=O) groups excluding carboxylic acids is 2. The van der Waals surface area contributed by atoms with Crippen LogP contribution >= 0.6 is 11.8 Å². The van der Waals surface area contributed by atoms with E-state index in [9.17, 15) is 14.0 Å². The molecule has 2 aromatic carbocycles. The maximum atomic E-state index is 13.0. The van der Waals surface area contributed by atoms with E-state index in [1.165, 1.54) is 36.0 Å². The number of methoxy groups -OCH3 is 1. The molecule has 1 heterocycles. The summed E-state index contributed by atoms with van der Waals surface area (Å²) < 4.78 is 20.0. The van der Waals surface area contributed by atoms with Gasteiger partial charge in [0.25, 0.3) is 5.91 Å². The van der Waals surface area contributed by atoms with Gasteiger partial charge in [0.1, 0.15) is 11.6 Å². The van der Waals surface area contributed by atoms with Gasteiger partial charge in [-0.1, -0.05) is 11.8 Å². The number of benzene rings is 2. The Labute approximate surface area is 189 Å². The van der Waals surface area contributed by atoms with Crippen molar-refractivity contribution in [1.82, 2.24) is 20.1 Å². The summed E-state index contributed by atoms with van der Waals surface area (Å²) in [5.41, 5.74) is 1.02. The third-order valence-corrected chi connectivity index (χ3v) is 5.58. The maximum Gasteiger partial charge on any atom is 0.251 e. The molecule has 3 rings (SSSR count). The molecule has 2 amide bonds. The van der Waals surface area contributed by atoms with Crippen LogP contribution in [0.5, 0.6) is 5.75 Å². The molecule has 1 atom stereocenters. The van der Waals surface area contributed by atoms with Gasteiger partial charge in [0.05, 0.1) is 18.9 Å². The fourth-order valence-corrected chi connectivity index (χ4v) is 3.78. The molecule has 0 aliphatic heterocycles. The summed E-state index contributed by atoms with van der Waals surface area (Å²) in [6.07, 6.45) is 0. The van der Waals surface area contributed by atoms with Crippen molar-refractivity contribution in [3.8, 4) is 5.75 Å². The first-order valence-corrected chi connectivity index (χ1v) is 11.0. The van der Waals surface area contributed by atoms with E-state index in [1.807, 2.05) is 18.4 Å². The third-order valence-electron chi connectivity index (χ3n) is 4.61. The van der Waals surface area contributed by atoms with Crippen molar-refractivity contribution in [2.75, 3.05) is 18.2 Å². The van der Waals surface area contributed by atoms with Gasteiger partial charge in [-0.3, -0.25) is 9.59 Å². The SMILES string of the molecule is CCn1c(SCC(=O)Nc2ccc(F)cc2)nnc1C(C)NC(=O)c1ccc(OC)cc1. The Morgan fingerprint density at radius 2 is 1.81 bits per heavy atom. The van der Waals surface area contributed by atoms with Crippen LogP contribution in [0.15, 0.2) is 53.7 Å². The van der Waals surface area contributed by atoms with Gasteiger partial charge in [0, 0.05) is 17.8 Å². The third kappa shape index (κ3) is 5.85. The fourth-order valence-electron chi connectivity index (χ4n) is 2.97. The smallest absolute Gasteiger partial charge is 0.251 e. The van der Waals surface area contributed by atoms with Gasteiger partial charge < -0.3 is 19.9 Å². The lowest BCUT2D eigenvalue weighted by atomic mass is 10.2. The largest absolute Gasteiger partial charge is 0.497 e. The highest BCUT2D eigenvalue weighted by atomic mass is 32.2. The summed E-state index contributed by atoms with van der Waals surface area (Å²) in [6.45, 7) is 4.34. The number of amides is 2. The van der Waals surface area contributed by atoms with Gasteiger partial charge in [0.15, 0.2) is 11.0 Å². The van der Waals surface area contributed by atoms with Crippen LogP contribution in [0, 0.1) is 5.82 Å². The standard InChI is InChI=1S/C22H24FN5O3S/c1-4-28-20(14(2)24-21(30)15-5-11-18(31-3)12-6-15)26-27-22(28)32-13-19(29)25-17-9-7-16(23)8-10-17/h5-12,14H,4,13H2,1-3H3,(H,24,30)(H,25,29). The number of halogens is 1. The Morgan fingerprint density at radius 1 is 1.12 bits per heavy atom. The molecular formula is C22H24FN5O3S. The van der Waals surface area contributed by atoms with Gasteiger partial charge in [0.2, 0.25) is 5.91 Å². The van der Waals surface area contributed by atoms with E-state index >= 15 is 0 Å². The lowest BCUT2D eigenvalue weighted by Crippen LogP contribution is -2.28. The first-order valence-electron chi connectivity index (χ1n) is 9.97. The first kappa shape index (κ1) is 23.3. The number of hydrogen-bond donors (Lipinski definition) is 2. The molecule has 8 nitrogen and oxygen atoms in total. The summed E-state index contributed by atoms with van der Waals surface area (Å²) in [5, 5.41) is 14.6. The summed E-state index contributed by atoms with van der Waals surface area (Å²) >= 11 is 1.24. The highest BCUT2D eigenvalue weighted by Crippen LogP contribution is 2.21. The topological polar surface area (TPSA) is 98.1 Å². The Balaban J connectivity index is 1.60. The van der Waals surface area contributed by atoms with Crippen molar-refractivity contribution in [2.45, 2.75) is 31.6 Å². The Kier molecular flexibility index (Phi) is 7.82. The number of rotatable bonds is 9. The van der Waals surface area contributed by atoms with Crippen LogP contribution in [0.3, 0.4) is 0 Å². The summed E-state index contributed by atoms with van der Waals surface area (Å²) in [4.78, 5) is 24.8. The van der Waals surface area contributed by atoms with Gasteiger partial charge in [-0.2, -0.15) is 0 Å². The van der Waals surface area contributed by atoms with E-state index in [2.05, 4.69) is 20.8 Å². The Morgan fingerprint density at radius 3 is 2.44 bits per heavy atom. The van der Waals surface area contributed by atoms with Crippen LogP contribution in [-0.4, -0.2) is 39.4 Å². The van der Waals surface area contributed by atoms with Gasteiger partial charge >= 0.3 is 0 Å². The van der Waals surface area contributed by atoms with Crippen molar-refractivity contribution in [3.05, 3.63) is 65.7 Å². The molecule has 0 bridgehead atoms. The lowest BCUT2D eigenvalue weighted by molar-refractivity contribution is -0.113. The predicted octanol–water partition coefficient (Wildman–Crippen LogP) is 3.67. The van der Waals surface area contributed by atoms with Crippen LogP contribution in [0.4, 0.5) is 10.1 Å². The monoisotopic (exact) mass is 457 g/mol. The van der Waals surface area contributed by atoms with E-state index < -0.39 is 0 Å². The van der Waals surface area contributed by atoms with Crippen LogP contribution in [0.2, 0.25) is 0 Å². The summed E-state index contributed by atoms with van der Waals surface area (Å²) in [7, 11) is 1.57. The summed E-state index contributed by atoms with van der Waals surface area (Å²) in [6, 6.07) is 12.0. The number of ether oxygens (including phenoxy) is 1. The van der Waals surface area contributed by atoms with E-state index in [4.69, 9.17) is 4.74 Å². The highest BCUT2D eigenvalue weighted by molar-refractivity contribution is 7.99. The summed E-state index contributed by atoms with van der Waals surface area (Å²) in [5.74, 6) is 0.533. The number of thioether (sulfide) groups is 1. The zero-order valence-electron chi connectivity index (χ0n) is 18.0. The molecule has 0 spiro atoms. The van der Waals surface area contributed by atoms with E-state index in [0.29, 0.717) is 34.5 Å². The number of carbonyl (C=O) groups is 2. The molecule has 10 heteroatoms. The predicted molar refractivity (Wildman–Crippen MR) is 120 cm³/mol. The van der Waals surface area contributed by atoms with Crippen LogP contribution < -0.4 is 15.4 Å². The molecule has 168 valence electrons. The molecule has 32 heavy (non-hydrogen) atoms. The number of anilines is 1. The average Bonchev–Trinajstić information content (AvgIpc) is 3.22. The zero-order valence-corrected chi connectivity index (χ0v) is 18.8. The number of aromatic nitrogens is 3. The van der Waals surface area contributed by atoms with Crippen LogP contribution in [0.25, 0.3) is 0 Å². The molecule has 1 unspecified atom stereocenters. The minimum atomic E-state index is -0.389. The van der Waals surface area contributed by atoms with Crippen molar-refractivity contribution in [1.29, 1.82) is 0 Å². The minimum Gasteiger partial charge on any atom is -0.497 e. The second-order valence-corrected chi connectivity index (χ2v) is 7.79. The molecule has 0 radical (unpaired) electrons. The van der Waals surface area contributed by atoms with E-state index in [-0.39, 0.29) is 29.4 Å². The Bertz CT molecular complexity index is 1070. The molecule has 1 aromatic heterocycles. The van der Waals surface area contributed by atoms with Crippen molar-refractivity contribution >= 4 is 29.3 Å². The molecule has 0 fully saturated rings. The fraction of sp³-hybridized carbons (Fsp3) is 0.273. The zero-order chi connectivity index (χ0) is 23.1. The Hall–Kier alpha value is -3.40. The van der Waals surface area contributed by atoms with Gasteiger partial charge in [-0.25, -0.2) is 4.39 Å². The molecule has 0 aliphatic carbocycles. The van der Waals surface area contributed by atoms with Crippen molar-refractivity contribution in [3.63, 3.8) is 0 Å². The molecule has 0 saturated heterocycles. The van der Waals surface area contributed by atoms with Crippen LogP contribution in [-0.2, 0) is 11.3 Å². The maximum absolute atomic E-state index is 13.0. The molecule has 3 aromatic rings. The molecule has 0 aliphatic rings. The second-order valence-electron chi connectivity index (χ2n) is 6.85. The molecular weight excluding hydrogens is 433 g/mol. The van der Waals surface area contributed by atoms with Crippen molar-refractivity contribution < 1.29 is 18.7 Å². The number of hydrogen-bond acceptors (Lipinski definition) is 6. The highest BCUT2D eigenvalue weighted by Gasteiger charge is 2.20. The number of nitrogens with one attached hydrogen (secondary N) is 2. The average molecular weight is 458 g/mol. The molecule has 0 saturated carbocycles. The second kappa shape index (κ2) is 10.8. The first-order chi connectivity index (χ1) is 15.4. The van der Waals surface area contributed by atoms with E-state index in [1.54, 1.807) is 31.4 Å².